The molecule has 0 spiro atoms. The zero-order chi connectivity index (χ0) is 10.8. The molecule has 3 heteroatoms. The van der Waals surface area contributed by atoms with Gasteiger partial charge in [-0.2, -0.15) is 0 Å². The van der Waals surface area contributed by atoms with Gasteiger partial charge in [0.25, 0.3) is 0 Å². The molecule has 0 radical (unpaired) electrons. The molecule has 2 rings (SSSR count). The molecule has 1 saturated carbocycles. The van der Waals surface area contributed by atoms with Crippen LogP contribution in [0, 0.1) is 9.49 Å². The van der Waals surface area contributed by atoms with Gasteiger partial charge in [0.2, 0.25) is 0 Å². The first kappa shape index (κ1) is 11.0. The lowest BCUT2D eigenvalue weighted by Crippen LogP contribution is -2.22. The Morgan fingerprint density at radius 2 is 2.20 bits per heavy atom. The van der Waals surface area contributed by atoms with Crippen LogP contribution >= 0.6 is 22.6 Å². The minimum atomic E-state index is 0.641. The quantitative estimate of drug-likeness (QED) is 0.648. The van der Waals surface area contributed by atoms with Gasteiger partial charge in [-0.3, -0.25) is 0 Å². The highest BCUT2D eigenvalue weighted by molar-refractivity contribution is 14.1. The maximum absolute atomic E-state index is 5.73. The third kappa shape index (κ3) is 2.56. The number of hydrogen-bond acceptors (Lipinski definition) is 2. The van der Waals surface area contributed by atoms with Crippen molar-refractivity contribution in [2.24, 2.45) is 5.92 Å². The number of benzene rings is 1. The predicted molar refractivity (Wildman–Crippen MR) is 74.0 cm³/mol. The summed E-state index contributed by atoms with van der Waals surface area (Å²) in [4.78, 5) is 0. The van der Waals surface area contributed by atoms with E-state index in [4.69, 9.17) is 5.73 Å². The maximum Gasteiger partial charge on any atom is 0.0479 e. The predicted octanol–water partition coefficient (Wildman–Crippen LogP) is 3.47. The summed E-state index contributed by atoms with van der Waals surface area (Å²) in [6.45, 7) is 2.33. The van der Waals surface area contributed by atoms with Crippen LogP contribution in [-0.4, -0.2) is 6.04 Å². The third-order valence-corrected chi connectivity index (χ3v) is 4.09. The van der Waals surface area contributed by atoms with Crippen LogP contribution in [0.2, 0.25) is 0 Å². The highest BCUT2D eigenvalue weighted by atomic mass is 127. The van der Waals surface area contributed by atoms with Crippen LogP contribution in [0.25, 0.3) is 0 Å². The monoisotopic (exact) mass is 316 g/mol. The van der Waals surface area contributed by atoms with Gasteiger partial charge in [0.05, 0.1) is 0 Å². The summed E-state index contributed by atoms with van der Waals surface area (Å²) in [5.74, 6) is 0.790. The van der Waals surface area contributed by atoms with Crippen molar-refractivity contribution < 1.29 is 0 Å². The molecule has 2 nitrogen and oxygen atoms in total. The topological polar surface area (TPSA) is 38.0 Å². The fourth-order valence-electron chi connectivity index (χ4n) is 2.21. The molecular formula is C12H17IN2. The van der Waals surface area contributed by atoms with Crippen LogP contribution < -0.4 is 11.1 Å². The molecule has 15 heavy (non-hydrogen) atoms. The maximum atomic E-state index is 5.73. The van der Waals surface area contributed by atoms with Crippen LogP contribution in [0.4, 0.5) is 11.4 Å². The van der Waals surface area contributed by atoms with Crippen molar-refractivity contribution in [2.75, 3.05) is 11.1 Å². The first-order chi connectivity index (χ1) is 7.16. The van der Waals surface area contributed by atoms with Crippen LogP contribution in [0.5, 0.6) is 0 Å². The lowest BCUT2D eigenvalue weighted by atomic mass is 10.1. The third-order valence-electron chi connectivity index (χ3n) is 3.20. The van der Waals surface area contributed by atoms with Gasteiger partial charge in [-0.05, 0) is 59.5 Å². The van der Waals surface area contributed by atoms with Crippen LogP contribution in [0.15, 0.2) is 18.2 Å². The molecule has 0 aromatic heterocycles. The molecule has 1 aliphatic carbocycles. The highest BCUT2D eigenvalue weighted by Gasteiger charge is 2.23. The minimum absolute atomic E-state index is 0.641. The minimum Gasteiger partial charge on any atom is -0.399 e. The Morgan fingerprint density at radius 1 is 1.40 bits per heavy atom. The van der Waals surface area contributed by atoms with E-state index in [0.717, 1.165) is 11.6 Å². The van der Waals surface area contributed by atoms with E-state index < -0.39 is 0 Å². The molecule has 2 atom stereocenters. The Morgan fingerprint density at radius 3 is 2.80 bits per heavy atom. The summed E-state index contributed by atoms with van der Waals surface area (Å²) in [7, 11) is 0. The highest BCUT2D eigenvalue weighted by Crippen LogP contribution is 2.30. The first-order valence-electron chi connectivity index (χ1n) is 5.48. The molecule has 0 aliphatic heterocycles. The molecule has 1 aromatic carbocycles. The molecule has 2 unspecified atom stereocenters. The van der Waals surface area contributed by atoms with E-state index in [9.17, 15) is 0 Å². The smallest absolute Gasteiger partial charge is 0.0479 e. The molecule has 0 heterocycles. The second kappa shape index (κ2) is 4.60. The van der Waals surface area contributed by atoms with Crippen LogP contribution in [-0.2, 0) is 0 Å². The Hall–Kier alpha value is -0.450. The summed E-state index contributed by atoms with van der Waals surface area (Å²) < 4.78 is 1.21. The van der Waals surface area contributed by atoms with Gasteiger partial charge >= 0.3 is 0 Å². The number of nitrogens with two attached hydrogens (primary N) is 1. The summed E-state index contributed by atoms with van der Waals surface area (Å²) >= 11 is 2.34. The van der Waals surface area contributed by atoms with Gasteiger partial charge in [0.15, 0.2) is 0 Å². The summed E-state index contributed by atoms with van der Waals surface area (Å²) in [5.41, 5.74) is 7.79. The molecule has 0 saturated heterocycles. The van der Waals surface area contributed by atoms with Crippen molar-refractivity contribution in [1.29, 1.82) is 0 Å². The Bertz CT molecular complexity index is 351. The van der Waals surface area contributed by atoms with Gasteiger partial charge in [0.1, 0.15) is 0 Å². The number of halogens is 1. The van der Waals surface area contributed by atoms with Crippen LogP contribution in [0.1, 0.15) is 26.2 Å². The zero-order valence-electron chi connectivity index (χ0n) is 8.96. The number of nitrogens with one attached hydrogen (secondary N) is 1. The van der Waals surface area contributed by atoms with Crippen molar-refractivity contribution in [1.82, 2.24) is 0 Å². The van der Waals surface area contributed by atoms with E-state index in [1.165, 1.54) is 28.5 Å². The fourth-order valence-corrected chi connectivity index (χ4v) is 2.90. The van der Waals surface area contributed by atoms with Gasteiger partial charge in [0, 0.05) is 21.0 Å². The van der Waals surface area contributed by atoms with E-state index in [1.807, 2.05) is 12.1 Å². The number of nitrogen functional groups attached to an aromatic ring is 1. The van der Waals surface area contributed by atoms with Gasteiger partial charge in [-0.25, -0.2) is 0 Å². The number of hydrogen-bond donors (Lipinski definition) is 2. The zero-order valence-corrected chi connectivity index (χ0v) is 11.1. The van der Waals surface area contributed by atoms with E-state index in [-0.39, 0.29) is 0 Å². The Labute approximate surface area is 105 Å². The van der Waals surface area contributed by atoms with E-state index >= 15 is 0 Å². The average Bonchev–Trinajstić information content (AvgIpc) is 2.57. The van der Waals surface area contributed by atoms with Crippen molar-refractivity contribution in [3.63, 3.8) is 0 Å². The summed E-state index contributed by atoms with van der Waals surface area (Å²) in [6, 6.07) is 6.71. The molecule has 3 N–H and O–H groups in total. The number of anilines is 2. The Kier molecular flexibility index (Phi) is 3.38. The second-order valence-corrected chi connectivity index (χ2v) is 5.56. The van der Waals surface area contributed by atoms with E-state index in [0.29, 0.717) is 6.04 Å². The molecule has 1 fully saturated rings. The number of rotatable bonds is 2. The molecular weight excluding hydrogens is 299 g/mol. The summed E-state index contributed by atoms with van der Waals surface area (Å²) in [6.07, 6.45) is 4.00. The molecule has 0 bridgehead atoms. The molecule has 1 aliphatic rings. The largest absolute Gasteiger partial charge is 0.399 e. The van der Waals surface area contributed by atoms with Crippen molar-refractivity contribution in [3.8, 4) is 0 Å². The molecule has 82 valence electrons. The van der Waals surface area contributed by atoms with Crippen molar-refractivity contribution >= 4 is 34.0 Å². The van der Waals surface area contributed by atoms with Crippen molar-refractivity contribution in [3.05, 3.63) is 21.8 Å². The van der Waals surface area contributed by atoms with Crippen molar-refractivity contribution in [2.45, 2.75) is 32.2 Å². The lowest BCUT2D eigenvalue weighted by Gasteiger charge is -2.19. The molecule has 0 amide bonds. The van der Waals surface area contributed by atoms with Gasteiger partial charge in [-0.15, -0.1) is 0 Å². The lowest BCUT2D eigenvalue weighted by molar-refractivity contribution is 0.556. The first-order valence-corrected chi connectivity index (χ1v) is 6.56. The van der Waals surface area contributed by atoms with Crippen LogP contribution in [0.3, 0.4) is 0 Å². The molecule has 1 aromatic rings. The van der Waals surface area contributed by atoms with Gasteiger partial charge in [-0.1, -0.05) is 13.3 Å². The summed E-state index contributed by atoms with van der Waals surface area (Å²) in [5, 5.41) is 3.62. The Balaban J connectivity index is 2.10. The second-order valence-electron chi connectivity index (χ2n) is 4.40. The fraction of sp³-hybridized carbons (Fsp3) is 0.500. The normalized spacial score (nSPS) is 25.5. The van der Waals surface area contributed by atoms with E-state index in [2.05, 4.69) is 40.9 Å². The van der Waals surface area contributed by atoms with Gasteiger partial charge < -0.3 is 11.1 Å². The average molecular weight is 316 g/mol. The standard InChI is InChI=1S/C12H17IN2/c1-8-3-2-4-11(8)15-12-6-5-9(14)7-10(12)13/h5-8,11,15H,2-4,14H2,1H3. The SMILES string of the molecule is CC1CCCC1Nc1ccc(N)cc1I. The van der Waals surface area contributed by atoms with E-state index in [1.54, 1.807) is 0 Å².